The summed E-state index contributed by atoms with van der Waals surface area (Å²) in [5.74, 6) is 2.74. The van der Waals surface area contributed by atoms with Crippen LogP contribution in [-0.2, 0) is 11.2 Å². The van der Waals surface area contributed by atoms with Crippen LogP contribution < -0.4 is 14.5 Å². The number of hydrogen-bond acceptors (Lipinski definition) is 6. The Morgan fingerprint density at radius 1 is 1.00 bits per heavy atom. The first-order valence-electron chi connectivity index (χ1n) is 9.89. The zero-order valence-corrected chi connectivity index (χ0v) is 17.0. The van der Waals surface area contributed by atoms with E-state index in [1.807, 2.05) is 41.3 Å². The summed E-state index contributed by atoms with van der Waals surface area (Å²) in [6.45, 7) is 9.01. The van der Waals surface area contributed by atoms with Crippen molar-refractivity contribution in [3.05, 3.63) is 42.0 Å². The minimum absolute atomic E-state index is 0.160. The van der Waals surface area contributed by atoms with Gasteiger partial charge in [-0.1, -0.05) is 12.1 Å². The van der Waals surface area contributed by atoms with Crippen molar-refractivity contribution in [2.75, 3.05) is 56.2 Å². The molecule has 2 heterocycles. The van der Waals surface area contributed by atoms with Crippen LogP contribution >= 0.6 is 0 Å². The van der Waals surface area contributed by atoms with Crippen molar-refractivity contribution < 1.29 is 9.53 Å². The topological polar surface area (TPSA) is 61.8 Å². The molecule has 0 unspecified atom stereocenters. The van der Waals surface area contributed by atoms with Gasteiger partial charge in [0.15, 0.2) is 11.6 Å². The highest BCUT2D eigenvalue weighted by molar-refractivity contribution is 5.79. The summed E-state index contributed by atoms with van der Waals surface area (Å²) in [5.41, 5.74) is 1.01. The van der Waals surface area contributed by atoms with E-state index in [1.165, 1.54) is 0 Å². The lowest BCUT2D eigenvalue weighted by Crippen LogP contribution is -2.49. The van der Waals surface area contributed by atoms with Gasteiger partial charge >= 0.3 is 0 Å². The molecular weight excluding hydrogens is 354 g/mol. The summed E-state index contributed by atoms with van der Waals surface area (Å²) in [6.07, 6.45) is 0.419. The second-order valence-corrected chi connectivity index (χ2v) is 6.81. The number of hydrogen-bond donors (Lipinski definition) is 0. The monoisotopic (exact) mass is 383 g/mol. The van der Waals surface area contributed by atoms with Gasteiger partial charge in [-0.3, -0.25) is 4.79 Å². The van der Waals surface area contributed by atoms with E-state index < -0.39 is 0 Å². The molecule has 2 aromatic rings. The highest BCUT2D eigenvalue weighted by Gasteiger charge is 2.22. The Morgan fingerprint density at radius 3 is 2.21 bits per heavy atom. The van der Waals surface area contributed by atoms with E-state index in [0.29, 0.717) is 19.5 Å². The molecule has 150 valence electrons. The van der Waals surface area contributed by atoms with Crippen LogP contribution in [0.3, 0.4) is 0 Å². The van der Waals surface area contributed by atoms with Crippen LogP contribution in [0.5, 0.6) is 5.75 Å². The van der Waals surface area contributed by atoms with Crippen molar-refractivity contribution in [3.63, 3.8) is 0 Å². The Morgan fingerprint density at radius 2 is 1.68 bits per heavy atom. The van der Waals surface area contributed by atoms with Gasteiger partial charge in [-0.25, -0.2) is 0 Å². The molecule has 1 saturated heterocycles. The maximum atomic E-state index is 12.6. The number of methoxy groups -OCH3 is 1. The van der Waals surface area contributed by atoms with Crippen LogP contribution in [0.25, 0.3) is 0 Å². The standard InChI is InChI=1S/C21H29N5O2/c1-4-24(5-2)19-10-11-20(23-22-19)25-12-14-26(15-13-25)21(27)16-17-6-8-18(28-3)9-7-17/h6-11H,4-5,12-16H2,1-3H3. The van der Waals surface area contributed by atoms with Gasteiger partial charge in [0.2, 0.25) is 5.91 Å². The van der Waals surface area contributed by atoms with Crippen LogP contribution in [0.1, 0.15) is 19.4 Å². The number of ether oxygens (including phenoxy) is 1. The van der Waals surface area contributed by atoms with E-state index >= 15 is 0 Å². The Kier molecular flexibility index (Phi) is 6.68. The average molecular weight is 383 g/mol. The molecule has 1 aliphatic heterocycles. The van der Waals surface area contributed by atoms with Crippen molar-refractivity contribution in [1.82, 2.24) is 15.1 Å². The van der Waals surface area contributed by atoms with Crippen LogP contribution in [0, 0.1) is 0 Å². The zero-order valence-electron chi connectivity index (χ0n) is 17.0. The Hall–Kier alpha value is -2.83. The molecule has 1 aliphatic rings. The second-order valence-electron chi connectivity index (χ2n) is 6.81. The van der Waals surface area contributed by atoms with E-state index in [9.17, 15) is 4.79 Å². The van der Waals surface area contributed by atoms with Crippen LogP contribution in [-0.4, -0.2) is 67.4 Å². The molecule has 1 aromatic heterocycles. The van der Waals surface area contributed by atoms with Crippen LogP contribution in [0.4, 0.5) is 11.6 Å². The smallest absolute Gasteiger partial charge is 0.227 e. The largest absolute Gasteiger partial charge is 0.497 e. The number of carbonyl (C=O) groups excluding carboxylic acids is 1. The fraction of sp³-hybridized carbons (Fsp3) is 0.476. The minimum atomic E-state index is 0.160. The maximum Gasteiger partial charge on any atom is 0.227 e. The summed E-state index contributed by atoms with van der Waals surface area (Å²) in [4.78, 5) is 18.9. The average Bonchev–Trinajstić information content (AvgIpc) is 2.76. The first-order chi connectivity index (χ1) is 13.6. The maximum absolute atomic E-state index is 12.6. The molecule has 1 amide bonds. The lowest BCUT2D eigenvalue weighted by atomic mass is 10.1. The predicted octanol–water partition coefficient (Wildman–Crippen LogP) is 2.22. The second kappa shape index (κ2) is 9.39. The van der Waals surface area contributed by atoms with Gasteiger partial charge in [0, 0.05) is 39.3 Å². The van der Waals surface area contributed by atoms with Crippen molar-refractivity contribution in [2.24, 2.45) is 0 Å². The minimum Gasteiger partial charge on any atom is -0.497 e. The van der Waals surface area contributed by atoms with E-state index in [0.717, 1.165) is 49.1 Å². The number of benzene rings is 1. The summed E-state index contributed by atoms with van der Waals surface area (Å²) < 4.78 is 5.16. The molecule has 0 radical (unpaired) electrons. The molecule has 28 heavy (non-hydrogen) atoms. The van der Waals surface area contributed by atoms with Crippen LogP contribution in [0.15, 0.2) is 36.4 Å². The molecule has 1 aromatic carbocycles. The summed E-state index contributed by atoms with van der Waals surface area (Å²) in [5, 5.41) is 8.76. The first-order valence-corrected chi connectivity index (χ1v) is 9.89. The fourth-order valence-corrected chi connectivity index (χ4v) is 3.42. The fourth-order valence-electron chi connectivity index (χ4n) is 3.42. The third kappa shape index (κ3) is 4.71. The van der Waals surface area contributed by atoms with Gasteiger partial charge in [-0.2, -0.15) is 0 Å². The lowest BCUT2D eigenvalue weighted by molar-refractivity contribution is -0.130. The molecule has 0 bridgehead atoms. The molecule has 7 heteroatoms. The number of aromatic nitrogens is 2. The Labute approximate surface area is 166 Å². The third-order valence-corrected chi connectivity index (χ3v) is 5.19. The zero-order chi connectivity index (χ0) is 19.9. The number of nitrogens with zero attached hydrogens (tertiary/aromatic N) is 5. The van der Waals surface area contributed by atoms with Gasteiger partial charge < -0.3 is 19.4 Å². The molecule has 0 spiro atoms. The number of anilines is 2. The Balaban J connectivity index is 1.52. The molecule has 7 nitrogen and oxygen atoms in total. The highest BCUT2D eigenvalue weighted by Crippen LogP contribution is 2.17. The number of piperazine rings is 1. The molecule has 0 N–H and O–H groups in total. The van der Waals surface area contributed by atoms with Gasteiger partial charge in [0.05, 0.1) is 13.5 Å². The number of amides is 1. The van der Waals surface area contributed by atoms with Gasteiger partial charge in [0.1, 0.15) is 5.75 Å². The summed E-state index contributed by atoms with van der Waals surface area (Å²) in [7, 11) is 1.64. The van der Waals surface area contributed by atoms with E-state index in [-0.39, 0.29) is 5.91 Å². The van der Waals surface area contributed by atoms with Gasteiger partial charge in [-0.15, -0.1) is 10.2 Å². The molecule has 0 saturated carbocycles. The van der Waals surface area contributed by atoms with Gasteiger partial charge in [-0.05, 0) is 43.7 Å². The first kappa shape index (κ1) is 19.9. The molecule has 0 aliphatic carbocycles. The molecule has 0 atom stereocenters. The van der Waals surface area contributed by atoms with Crippen LogP contribution in [0.2, 0.25) is 0 Å². The van der Waals surface area contributed by atoms with Crippen molar-refractivity contribution in [2.45, 2.75) is 20.3 Å². The summed E-state index contributed by atoms with van der Waals surface area (Å²) >= 11 is 0. The SMILES string of the molecule is CCN(CC)c1ccc(N2CCN(C(=O)Cc3ccc(OC)cc3)CC2)nn1. The third-order valence-electron chi connectivity index (χ3n) is 5.19. The lowest BCUT2D eigenvalue weighted by Gasteiger charge is -2.35. The van der Waals surface area contributed by atoms with Gasteiger partial charge in [0.25, 0.3) is 0 Å². The van der Waals surface area contributed by atoms with Crippen molar-refractivity contribution >= 4 is 17.5 Å². The normalized spacial score (nSPS) is 14.1. The number of rotatable bonds is 7. The summed E-state index contributed by atoms with van der Waals surface area (Å²) in [6, 6.07) is 11.7. The molecule has 3 rings (SSSR count). The predicted molar refractivity (Wildman–Crippen MR) is 111 cm³/mol. The van der Waals surface area contributed by atoms with E-state index in [2.05, 4.69) is 33.8 Å². The van der Waals surface area contributed by atoms with Crippen molar-refractivity contribution in [3.8, 4) is 5.75 Å². The molecular formula is C21H29N5O2. The van der Waals surface area contributed by atoms with E-state index in [4.69, 9.17) is 4.74 Å². The quantitative estimate of drug-likeness (QED) is 0.731. The van der Waals surface area contributed by atoms with E-state index in [1.54, 1.807) is 7.11 Å². The number of carbonyl (C=O) groups is 1. The molecule has 1 fully saturated rings. The Bertz CT molecular complexity index is 751. The van der Waals surface area contributed by atoms with Crippen molar-refractivity contribution in [1.29, 1.82) is 0 Å². The highest BCUT2D eigenvalue weighted by atomic mass is 16.5.